The van der Waals surface area contributed by atoms with E-state index >= 15 is 0 Å². The third-order valence-electron chi connectivity index (χ3n) is 4.07. The Morgan fingerprint density at radius 2 is 1.84 bits per heavy atom. The van der Waals surface area contributed by atoms with Crippen LogP contribution in [0.5, 0.6) is 0 Å². The van der Waals surface area contributed by atoms with Crippen LogP contribution in [0, 0.1) is 5.82 Å². The highest BCUT2D eigenvalue weighted by molar-refractivity contribution is 5.44. The molecule has 1 aliphatic rings. The van der Waals surface area contributed by atoms with Crippen LogP contribution in [0.15, 0.2) is 30.3 Å². The zero-order chi connectivity index (χ0) is 17.9. The van der Waals surface area contributed by atoms with Crippen LogP contribution >= 0.6 is 0 Å². The minimum absolute atomic E-state index is 0.0385. The fourth-order valence-electron chi connectivity index (χ4n) is 2.84. The molecule has 0 saturated heterocycles. The molecule has 0 amide bonds. The molecule has 0 aliphatic heterocycles. The number of hydrogen-bond acceptors (Lipinski definition) is 4. The van der Waals surface area contributed by atoms with Crippen LogP contribution < -0.4 is 10.6 Å². The molecule has 0 radical (unpaired) electrons. The Balaban J connectivity index is 1.78. The van der Waals surface area contributed by atoms with Crippen molar-refractivity contribution < 1.29 is 17.6 Å². The lowest BCUT2D eigenvalue weighted by Crippen LogP contribution is -2.19. The van der Waals surface area contributed by atoms with Crippen LogP contribution in [0.1, 0.15) is 36.9 Å². The predicted octanol–water partition coefficient (Wildman–Crippen LogP) is 4.60. The van der Waals surface area contributed by atoms with E-state index in [4.69, 9.17) is 0 Å². The highest BCUT2D eigenvalue weighted by Crippen LogP contribution is 2.30. The van der Waals surface area contributed by atoms with E-state index in [1.54, 1.807) is 12.1 Å². The van der Waals surface area contributed by atoms with Crippen molar-refractivity contribution in [1.29, 1.82) is 0 Å². The van der Waals surface area contributed by atoms with Gasteiger partial charge in [0, 0.05) is 18.7 Å². The standard InChI is InChI=1S/C17H18F4N4/c18-12-5-3-4-11(8-12)10-22-15-9-14(17(19,20)21)24-16(25-15)23-13-6-1-2-7-13/h3-5,8-9,13H,1-2,6-7,10H2,(H2,22,23,24,25). The van der Waals surface area contributed by atoms with Crippen LogP contribution in [-0.2, 0) is 12.7 Å². The van der Waals surface area contributed by atoms with E-state index < -0.39 is 17.7 Å². The second-order valence-corrected chi connectivity index (χ2v) is 6.07. The third-order valence-corrected chi connectivity index (χ3v) is 4.07. The van der Waals surface area contributed by atoms with Gasteiger partial charge in [-0.05, 0) is 30.5 Å². The van der Waals surface area contributed by atoms with Crippen LogP contribution in [0.2, 0.25) is 0 Å². The quantitative estimate of drug-likeness (QED) is 0.771. The minimum atomic E-state index is -4.57. The van der Waals surface area contributed by atoms with Gasteiger partial charge in [-0.25, -0.2) is 9.37 Å². The number of hydrogen-bond donors (Lipinski definition) is 2. The fourth-order valence-corrected chi connectivity index (χ4v) is 2.84. The molecule has 4 nitrogen and oxygen atoms in total. The summed E-state index contributed by atoms with van der Waals surface area (Å²) in [6.07, 6.45) is -0.690. The Bertz CT molecular complexity index is 727. The van der Waals surface area contributed by atoms with Gasteiger partial charge in [0.15, 0.2) is 5.69 Å². The first kappa shape index (κ1) is 17.4. The van der Waals surface area contributed by atoms with Gasteiger partial charge in [-0.1, -0.05) is 25.0 Å². The topological polar surface area (TPSA) is 49.8 Å². The van der Waals surface area contributed by atoms with Gasteiger partial charge >= 0.3 is 6.18 Å². The molecule has 3 rings (SSSR count). The molecule has 8 heteroatoms. The van der Waals surface area contributed by atoms with Crippen molar-refractivity contribution in [1.82, 2.24) is 9.97 Å². The number of nitrogens with zero attached hydrogens (tertiary/aromatic N) is 2. The summed E-state index contributed by atoms with van der Waals surface area (Å²) < 4.78 is 52.4. The summed E-state index contributed by atoms with van der Waals surface area (Å²) in [7, 11) is 0. The lowest BCUT2D eigenvalue weighted by atomic mass is 10.2. The van der Waals surface area contributed by atoms with Gasteiger partial charge < -0.3 is 10.6 Å². The van der Waals surface area contributed by atoms with Crippen LogP contribution in [0.3, 0.4) is 0 Å². The van der Waals surface area contributed by atoms with Gasteiger partial charge in [0.05, 0.1) is 0 Å². The smallest absolute Gasteiger partial charge is 0.366 e. The van der Waals surface area contributed by atoms with Crippen molar-refractivity contribution in [3.05, 3.63) is 47.4 Å². The fraction of sp³-hybridized carbons (Fsp3) is 0.412. The number of alkyl halides is 3. The van der Waals surface area contributed by atoms with Gasteiger partial charge in [-0.2, -0.15) is 18.2 Å². The molecule has 0 bridgehead atoms. The first-order chi connectivity index (χ1) is 11.9. The zero-order valence-corrected chi connectivity index (χ0v) is 13.4. The number of rotatable bonds is 5. The number of anilines is 2. The first-order valence-corrected chi connectivity index (χ1v) is 8.11. The number of halogens is 4. The van der Waals surface area contributed by atoms with E-state index in [0.29, 0.717) is 5.56 Å². The summed E-state index contributed by atoms with van der Waals surface area (Å²) >= 11 is 0. The summed E-state index contributed by atoms with van der Waals surface area (Å²) in [5.41, 5.74) is -0.401. The van der Waals surface area contributed by atoms with E-state index in [1.807, 2.05) is 0 Å². The Labute approximate surface area is 142 Å². The van der Waals surface area contributed by atoms with E-state index in [0.717, 1.165) is 31.7 Å². The average Bonchev–Trinajstić information content (AvgIpc) is 3.05. The Morgan fingerprint density at radius 3 is 2.52 bits per heavy atom. The molecule has 1 aliphatic carbocycles. The van der Waals surface area contributed by atoms with Crippen LogP contribution in [0.4, 0.5) is 29.3 Å². The van der Waals surface area contributed by atoms with Crippen molar-refractivity contribution in [2.24, 2.45) is 0 Å². The van der Waals surface area contributed by atoms with Crippen molar-refractivity contribution in [3.8, 4) is 0 Å². The molecule has 134 valence electrons. The van der Waals surface area contributed by atoms with Crippen molar-refractivity contribution >= 4 is 11.8 Å². The zero-order valence-electron chi connectivity index (χ0n) is 13.4. The molecule has 2 N–H and O–H groups in total. The second-order valence-electron chi connectivity index (χ2n) is 6.07. The summed E-state index contributed by atoms with van der Waals surface area (Å²) in [5.74, 6) is -0.392. The Kier molecular flexibility index (Phi) is 5.06. The van der Waals surface area contributed by atoms with E-state index in [-0.39, 0.29) is 24.4 Å². The molecule has 1 saturated carbocycles. The third kappa shape index (κ3) is 4.80. The molecule has 1 aromatic heterocycles. The van der Waals surface area contributed by atoms with Crippen molar-refractivity contribution in [2.45, 2.75) is 44.4 Å². The molecule has 1 fully saturated rings. The number of nitrogens with one attached hydrogen (secondary N) is 2. The summed E-state index contributed by atoms with van der Waals surface area (Å²) in [6.45, 7) is 0.162. The van der Waals surface area contributed by atoms with Gasteiger partial charge in [-0.15, -0.1) is 0 Å². The van der Waals surface area contributed by atoms with E-state index in [9.17, 15) is 17.6 Å². The molecule has 0 unspecified atom stereocenters. The molecule has 25 heavy (non-hydrogen) atoms. The Hall–Kier alpha value is -2.38. The lowest BCUT2D eigenvalue weighted by molar-refractivity contribution is -0.141. The number of benzene rings is 1. The van der Waals surface area contributed by atoms with Crippen molar-refractivity contribution in [3.63, 3.8) is 0 Å². The summed E-state index contributed by atoms with van der Waals surface area (Å²) in [4.78, 5) is 7.71. The highest BCUT2D eigenvalue weighted by Gasteiger charge is 2.34. The van der Waals surface area contributed by atoms with Crippen LogP contribution in [-0.4, -0.2) is 16.0 Å². The van der Waals surface area contributed by atoms with Gasteiger partial charge in [0.1, 0.15) is 11.6 Å². The van der Waals surface area contributed by atoms with E-state index in [1.165, 1.54) is 12.1 Å². The van der Waals surface area contributed by atoms with Crippen LogP contribution in [0.25, 0.3) is 0 Å². The Morgan fingerprint density at radius 1 is 1.08 bits per heavy atom. The van der Waals surface area contributed by atoms with Gasteiger partial charge in [-0.3, -0.25) is 0 Å². The average molecular weight is 354 g/mol. The summed E-state index contributed by atoms with van der Waals surface area (Å²) in [6, 6.07) is 6.80. The molecule has 1 heterocycles. The first-order valence-electron chi connectivity index (χ1n) is 8.11. The lowest BCUT2D eigenvalue weighted by Gasteiger charge is -2.15. The molecular formula is C17H18F4N4. The largest absolute Gasteiger partial charge is 0.433 e. The monoisotopic (exact) mass is 354 g/mol. The molecule has 2 aromatic rings. The summed E-state index contributed by atoms with van der Waals surface area (Å²) in [5, 5.41) is 5.79. The van der Waals surface area contributed by atoms with Crippen molar-refractivity contribution in [2.75, 3.05) is 10.6 Å². The number of aromatic nitrogens is 2. The SMILES string of the molecule is Fc1cccc(CNc2cc(C(F)(F)F)nc(NC3CCCC3)n2)c1. The maximum atomic E-state index is 13.2. The highest BCUT2D eigenvalue weighted by atomic mass is 19.4. The predicted molar refractivity (Wildman–Crippen MR) is 86.6 cm³/mol. The molecule has 1 aromatic carbocycles. The minimum Gasteiger partial charge on any atom is -0.366 e. The normalized spacial score (nSPS) is 15.4. The maximum Gasteiger partial charge on any atom is 0.433 e. The molecule has 0 atom stereocenters. The van der Waals surface area contributed by atoms with Gasteiger partial charge in [0.25, 0.3) is 0 Å². The van der Waals surface area contributed by atoms with E-state index in [2.05, 4.69) is 20.6 Å². The van der Waals surface area contributed by atoms with Gasteiger partial charge in [0.2, 0.25) is 5.95 Å². The molecular weight excluding hydrogens is 336 g/mol. The molecule has 0 spiro atoms. The maximum absolute atomic E-state index is 13.2. The second kappa shape index (κ2) is 7.25.